The van der Waals surface area contributed by atoms with Crippen molar-refractivity contribution in [2.45, 2.75) is 49.4 Å². The van der Waals surface area contributed by atoms with Crippen LogP contribution in [-0.2, 0) is 4.79 Å². The zero-order chi connectivity index (χ0) is 15.1. The normalized spacial score (nSPS) is 27.1. The van der Waals surface area contributed by atoms with Crippen molar-refractivity contribution in [3.05, 3.63) is 0 Å². The van der Waals surface area contributed by atoms with Crippen LogP contribution in [0.3, 0.4) is 0 Å². The molecule has 0 aliphatic carbocycles. The van der Waals surface area contributed by atoms with Crippen molar-refractivity contribution in [2.24, 2.45) is 0 Å². The topological polar surface area (TPSA) is 82.3 Å². The molecule has 0 aromatic heterocycles. The van der Waals surface area contributed by atoms with E-state index in [1.807, 2.05) is 11.8 Å². The van der Waals surface area contributed by atoms with Gasteiger partial charge >= 0.3 is 6.03 Å². The summed E-state index contributed by atoms with van der Waals surface area (Å²) < 4.78 is 3.03. The fourth-order valence-corrected chi connectivity index (χ4v) is 4.67. The lowest BCUT2D eigenvalue weighted by Crippen LogP contribution is -2.36. The number of unbranched alkanes of at least 4 members (excludes halogenated alkanes) is 1. The van der Waals surface area contributed by atoms with Gasteiger partial charge in [0.15, 0.2) is 0 Å². The van der Waals surface area contributed by atoms with E-state index >= 15 is 0 Å². The largest absolute Gasteiger partial charge is 0.356 e. The van der Waals surface area contributed by atoms with Crippen LogP contribution < -0.4 is 19.5 Å². The van der Waals surface area contributed by atoms with Gasteiger partial charge in [0.05, 0.1) is 12.1 Å². The number of amides is 3. The molecule has 2 heterocycles. The monoisotopic (exact) mass is 426 g/mol. The lowest BCUT2D eigenvalue weighted by Gasteiger charge is -2.16. The van der Waals surface area contributed by atoms with Crippen molar-refractivity contribution in [1.82, 2.24) is 19.5 Å². The summed E-state index contributed by atoms with van der Waals surface area (Å²) in [5.74, 6) is 1.15. The number of halogens is 1. The van der Waals surface area contributed by atoms with Crippen molar-refractivity contribution < 1.29 is 9.59 Å². The molecule has 2 saturated heterocycles. The molecule has 3 amide bonds. The van der Waals surface area contributed by atoms with Gasteiger partial charge < -0.3 is 16.0 Å². The highest BCUT2D eigenvalue weighted by atomic mass is 127. The second-order valence-electron chi connectivity index (χ2n) is 5.45. The highest BCUT2D eigenvalue weighted by molar-refractivity contribution is 14.1. The van der Waals surface area contributed by atoms with Crippen LogP contribution in [0.2, 0.25) is 0 Å². The lowest BCUT2D eigenvalue weighted by atomic mass is 10.0. The highest BCUT2D eigenvalue weighted by Gasteiger charge is 2.42. The Bertz CT molecular complexity index is 372. The van der Waals surface area contributed by atoms with Crippen molar-refractivity contribution >= 4 is 46.6 Å². The quantitative estimate of drug-likeness (QED) is 0.193. The number of hydrogen-bond donors (Lipinski definition) is 4. The Morgan fingerprint density at radius 1 is 1.29 bits per heavy atom. The standard InChI is InChI=1S/C13H23IN4O2S/c14-16-7-3-6-15-11(19)5-2-1-4-10-12-9(8-21-10)17-13(20)18-12/h9-10,12,16H,1-8H2,(H,15,19)(H2,17,18,20)/t9?,10-,12?/m0/s1. The van der Waals surface area contributed by atoms with E-state index in [2.05, 4.69) is 42.3 Å². The third-order valence-electron chi connectivity index (χ3n) is 3.85. The van der Waals surface area contributed by atoms with E-state index in [0.717, 1.165) is 44.5 Å². The van der Waals surface area contributed by atoms with Gasteiger partial charge in [-0.25, -0.2) is 4.79 Å². The van der Waals surface area contributed by atoms with Gasteiger partial charge in [0.2, 0.25) is 5.91 Å². The Kier molecular flexibility index (Phi) is 7.38. The van der Waals surface area contributed by atoms with Gasteiger partial charge in [-0.3, -0.25) is 8.32 Å². The molecule has 21 heavy (non-hydrogen) atoms. The lowest BCUT2D eigenvalue weighted by molar-refractivity contribution is -0.121. The SMILES string of the molecule is O=C(CCCC[C@@H]1SCC2NC(=O)NC21)NCCCNI. The Morgan fingerprint density at radius 3 is 2.95 bits per heavy atom. The number of carbonyl (C=O) groups is 2. The summed E-state index contributed by atoms with van der Waals surface area (Å²) in [6, 6.07) is 0.537. The van der Waals surface area contributed by atoms with Crippen LogP contribution in [0.25, 0.3) is 0 Å². The van der Waals surface area contributed by atoms with Crippen LogP contribution in [0.5, 0.6) is 0 Å². The Hall–Kier alpha value is -0.220. The molecule has 8 heteroatoms. The minimum absolute atomic E-state index is 0.0318. The van der Waals surface area contributed by atoms with E-state index in [1.165, 1.54) is 0 Å². The van der Waals surface area contributed by atoms with Crippen LogP contribution in [0.4, 0.5) is 4.79 Å². The average Bonchev–Trinajstić information content (AvgIpc) is 2.99. The Balaban J connectivity index is 1.52. The number of hydrogen-bond acceptors (Lipinski definition) is 4. The van der Waals surface area contributed by atoms with Gasteiger partial charge in [0.1, 0.15) is 0 Å². The predicted molar refractivity (Wildman–Crippen MR) is 93.6 cm³/mol. The third-order valence-corrected chi connectivity index (χ3v) is 5.90. The Labute approximate surface area is 143 Å². The molecule has 6 nitrogen and oxygen atoms in total. The summed E-state index contributed by atoms with van der Waals surface area (Å²) in [6.07, 6.45) is 4.60. The van der Waals surface area contributed by atoms with Crippen LogP contribution >= 0.6 is 34.6 Å². The molecule has 120 valence electrons. The first-order valence-corrected chi connectivity index (χ1v) is 9.62. The predicted octanol–water partition coefficient (Wildman–Crippen LogP) is 1.16. The first-order valence-electron chi connectivity index (χ1n) is 7.49. The zero-order valence-corrected chi connectivity index (χ0v) is 15.0. The summed E-state index contributed by atoms with van der Waals surface area (Å²) in [7, 11) is 0. The van der Waals surface area contributed by atoms with Crippen LogP contribution in [0.1, 0.15) is 32.1 Å². The molecule has 3 atom stereocenters. The number of carbonyl (C=O) groups excluding carboxylic acids is 2. The summed E-state index contributed by atoms with van der Waals surface area (Å²) in [5, 5.41) is 9.37. The fourth-order valence-electron chi connectivity index (χ4n) is 2.75. The first-order chi connectivity index (χ1) is 10.2. The van der Waals surface area contributed by atoms with Crippen LogP contribution in [0, 0.1) is 0 Å². The van der Waals surface area contributed by atoms with E-state index in [0.29, 0.717) is 17.7 Å². The smallest absolute Gasteiger partial charge is 0.315 e. The molecule has 2 unspecified atom stereocenters. The van der Waals surface area contributed by atoms with Crippen LogP contribution in [0.15, 0.2) is 0 Å². The van der Waals surface area contributed by atoms with Crippen LogP contribution in [-0.4, -0.2) is 48.1 Å². The number of urea groups is 1. The van der Waals surface area contributed by atoms with Gasteiger partial charge in [-0.1, -0.05) is 6.42 Å². The molecule has 2 rings (SSSR count). The molecule has 0 spiro atoms. The van der Waals surface area contributed by atoms with Gasteiger partial charge in [0.25, 0.3) is 0 Å². The molecule has 2 aliphatic rings. The second kappa shape index (κ2) is 9.04. The van der Waals surface area contributed by atoms with Gasteiger partial charge in [-0.15, -0.1) is 0 Å². The summed E-state index contributed by atoms with van der Waals surface area (Å²) in [5.41, 5.74) is 0. The van der Waals surface area contributed by atoms with E-state index in [-0.39, 0.29) is 18.0 Å². The van der Waals surface area contributed by atoms with E-state index in [9.17, 15) is 9.59 Å². The minimum atomic E-state index is -0.0318. The molecule has 0 aromatic rings. The summed E-state index contributed by atoms with van der Waals surface area (Å²) in [4.78, 5) is 22.9. The molecule has 0 radical (unpaired) electrons. The molecule has 4 N–H and O–H groups in total. The molecule has 2 aliphatic heterocycles. The summed E-state index contributed by atoms with van der Waals surface area (Å²) >= 11 is 4.04. The number of nitrogens with one attached hydrogen (secondary N) is 4. The highest BCUT2D eigenvalue weighted by Crippen LogP contribution is 2.33. The van der Waals surface area contributed by atoms with Gasteiger partial charge in [-0.2, -0.15) is 11.8 Å². The average molecular weight is 426 g/mol. The minimum Gasteiger partial charge on any atom is -0.356 e. The number of thioether (sulfide) groups is 1. The van der Waals surface area contributed by atoms with Gasteiger partial charge in [0, 0.05) is 53.4 Å². The first kappa shape index (κ1) is 17.1. The maximum Gasteiger partial charge on any atom is 0.315 e. The van der Waals surface area contributed by atoms with Gasteiger partial charge in [-0.05, 0) is 19.3 Å². The Morgan fingerprint density at radius 2 is 2.14 bits per heavy atom. The van der Waals surface area contributed by atoms with Crippen molar-refractivity contribution in [3.63, 3.8) is 0 Å². The van der Waals surface area contributed by atoms with E-state index in [4.69, 9.17) is 0 Å². The van der Waals surface area contributed by atoms with E-state index < -0.39 is 0 Å². The molecular formula is C13H23IN4O2S. The van der Waals surface area contributed by atoms with Crippen molar-refractivity contribution in [1.29, 1.82) is 0 Å². The second-order valence-corrected chi connectivity index (χ2v) is 7.49. The molecule has 2 fully saturated rings. The maximum atomic E-state index is 11.6. The van der Waals surface area contributed by atoms with Crippen molar-refractivity contribution in [2.75, 3.05) is 18.8 Å². The number of fused-ring (bicyclic) bond motifs is 1. The molecule has 0 aromatic carbocycles. The number of rotatable bonds is 9. The summed E-state index contributed by atoms with van der Waals surface area (Å²) in [6.45, 7) is 1.66. The molecule has 0 bridgehead atoms. The van der Waals surface area contributed by atoms with E-state index in [1.54, 1.807) is 0 Å². The van der Waals surface area contributed by atoms with Crippen molar-refractivity contribution in [3.8, 4) is 0 Å². The zero-order valence-electron chi connectivity index (χ0n) is 12.0. The fraction of sp³-hybridized carbons (Fsp3) is 0.846. The third kappa shape index (κ3) is 5.48. The molecule has 0 saturated carbocycles. The maximum absolute atomic E-state index is 11.6. The molecular weight excluding hydrogens is 403 g/mol.